The van der Waals surface area contributed by atoms with Gasteiger partial charge in [-0.3, -0.25) is 9.59 Å². The van der Waals surface area contributed by atoms with Gasteiger partial charge in [0.2, 0.25) is 0 Å². The van der Waals surface area contributed by atoms with Crippen LogP contribution in [0.3, 0.4) is 0 Å². The van der Waals surface area contributed by atoms with Crippen LogP contribution in [0.15, 0.2) is 30.3 Å². The van der Waals surface area contributed by atoms with E-state index < -0.39 is 0 Å². The fourth-order valence-corrected chi connectivity index (χ4v) is 3.27. The summed E-state index contributed by atoms with van der Waals surface area (Å²) in [6, 6.07) is 9.44. The lowest BCUT2D eigenvalue weighted by atomic mass is 10.1. The van der Waals surface area contributed by atoms with Crippen LogP contribution < -0.4 is 15.5 Å². The molecular weight excluding hydrogens is 362 g/mol. The minimum atomic E-state index is -0.159. The van der Waals surface area contributed by atoms with Crippen LogP contribution in [0.4, 0.5) is 11.4 Å². The molecule has 0 aromatic heterocycles. The molecule has 0 saturated heterocycles. The van der Waals surface area contributed by atoms with E-state index in [0.29, 0.717) is 10.7 Å². The first-order valence-corrected chi connectivity index (χ1v) is 9.28. The maximum atomic E-state index is 12.4. The molecule has 1 atom stereocenters. The van der Waals surface area contributed by atoms with E-state index in [9.17, 15) is 9.59 Å². The zero-order valence-corrected chi connectivity index (χ0v) is 17.3. The van der Waals surface area contributed by atoms with Crippen LogP contribution in [0.5, 0.6) is 0 Å². The first-order valence-electron chi connectivity index (χ1n) is 8.90. The zero-order chi connectivity index (χ0) is 20.1. The van der Waals surface area contributed by atoms with Gasteiger partial charge in [0.05, 0.1) is 7.05 Å². The number of quaternary nitrogens is 1. The van der Waals surface area contributed by atoms with Crippen molar-refractivity contribution in [3.8, 4) is 0 Å². The molecule has 2 aromatic carbocycles. The topological polar surface area (TPSA) is 62.6 Å². The Labute approximate surface area is 165 Å². The van der Waals surface area contributed by atoms with Crippen molar-refractivity contribution in [3.63, 3.8) is 0 Å². The molecule has 6 heteroatoms. The van der Waals surface area contributed by atoms with Crippen LogP contribution in [0, 0.1) is 27.7 Å². The Balaban J connectivity index is 1.91. The number of likely N-dealkylation sites (N-methyl/N-ethyl adjacent to an activating group) is 1. The molecular formula is C21H27ClN3O2+. The second-order valence-electron chi connectivity index (χ2n) is 7.14. The number of benzene rings is 2. The maximum Gasteiger partial charge on any atom is 0.279 e. The number of hydrogen-bond acceptors (Lipinski definition) is 2. The Hall–Kier alpha value is -2.37. The number of hydrogen-bond donors (Lipinski definition) is 3. The van der Waals surface area contributed by atoms with Gasteiger partial charge >= 0.3 is 0 Å². The summed E-state index contributed by atoms with van der Waals surface area (Å²) < 4.78 is 0. The number of anilines is 2. The van der Waals surface area contributed by atoms with Gasteiger partial charge < -0.3 is 15.5 Å². The van der Waals surface area contributed by atoms with Gasteiger partial charge in [0.25, 0.3) is 11.8 Å². The minimum Gasteiger partial charge on any atom is -0.322 e. The van der Waals surface area contributed by atoms with Gasteiger partial charge in [0.1, 0.15) is 0 Å². The molecule has 5 nitrogen and oxygen atoms in total. The molecule has 27 heavy (non-hydrogen) atoms. The Morgan fingerprint density at radius 1 is 0.889 bits per heavy atom. The molecule has 0 saturated carbocycles. The minimum absolute atomic E-state index is 0.116. The highest BCUT2D eigenvalue weighted by atomic mass is 35.5. The second-order valence-corrected chi connectivity index (χ2v) is 7.58. The standard InChI is InChI=1S/C21H26ClN3O2/c1-13-8-15(3)21(16(4)9-13)24-20(27)12-25(5)11-19(26)23-18-10-17(22)7-6-14(18)2/h6-10H,11-12H2,1-5H3,(H,23,26)(H,24,27)/p+1. The summed E-state index contributed by atoms with van der Waals surface area (Å²) in [4.78, 5) is 25.4. The van der Waals surface area contributed by atoms with Gasteiger partial charge in [-0.1, -0.05) is 35.4 Å². The normalized spacial score (nSPS) is 11.8. The van der Waals surface area contributed by atoms with Crippen molar-refractivity contribution in [1.29, 1.82) is 0 Å². The van der Waals surface area contributed by atoms with E-state index in [1.807, 2.05) is 52.9 Å². The van der Waals surface area contributed by atoms with Crippen LogP contribution in [0.25, 0.3) is 0 Å². The van der Waals surface area contributed by atoms with Crippen LogP contribution in [-0.2, 0) is 9.59 Å². The van der Waals surface area contributed by atoms with E-state index in [-0.39, 0.29) is 24.9 Å². The summed E-state index contributed by atoms with van der Waals surface area (Å²) in [5.74, 6) is -0.275. The van der Waals surface area contributed by atoms with E-state index >= 15 is 0 Å². The van der Waals surface area contributed by atoms with Crippen molar-refractivity contribution in [1.82, 2.24) is 0 Å². The highest BCUT2D eigenvalue weighted by Crippen LogP contribution is 2.21. The summed E-state index contributed by atoms with van der Waals surface area (Å²) in [6.07, 6.45) is 0. The summed E-state index contributed by atoms with van der Waals surface area (Å²) in [6.45, 7) is 8.28. The molecule has 2 amide bonds. The van der Waals surface area contributed by atoms with E-state index in [0.717, 1.165) is 27.3 Å². The first kappa shape index (κ1) is 20.9. The summed E-state index contributed by atoms with van der Waals surface area (Å²) in [7, 11) is 1.82. The monoisotopic (exact) mass is 388 g/mol. The number of rotatable bonds is 6. The number of carbonyl (C=O) groups excluding carboxylic acids is 2. The van der Waals surface area contributed by atoms with E-state index in [1.54, 1.807) is 12.1 Å². The molecule has 144 valence electrons. The fraction of sp³-hybridized carbons (Fsp3) is 0.333. The van der Waals surface area contributed by atoms with Crippen LogP contribution in [0.2, 0.25) is 5.02 Å². The SMILES string of the molecule is Cc1cc(C)c(NC(=O)C[NH+](C)CC(=O)Nc2cc(Cl)ccc2C)c(C)c1. The average molecular weight is 389 g/mol. The van der Waals surface area contributed by atoms with Crippen molar-refractivity contribution >= 4 is 34.8 Å². The Bertz CT molecular complexity index is 841. The third-order valence-corrected chi connectivity index (χ3v) is 4.57. The molecule has 0 radical (unpaired) electrons. The predicted molar refractivity (Wildman–Crippen MR) is 111 cm³/mol. The molecule has 1 unspecified atom stereocenters. The Morgan fingerprint density at radius 2 is 1.44 bits per heavy atom. The third kappa shape index (κ3) is 6.08. The maximum absolute atomic E-state index is 12.4. The quantitative estimate of drug-likeness (QED) is 0.712. The van der Waals surface area contributed by atoms with Crippen LogP contribution in [0.1, 0.15) is 22.3 Å². The summed E-state index contributed by atoms with van der Waals surface area (Å²) >= 11 is 5.98. The second kappa shape index (κ2) is 9.02. The largest absolute Gasteiger partial charge is 0.322 e. The van der Waals surface area contributed by atoms with E-state index in [4.69, 9.17) is 11.6 Å². The molecule has 2 rings (SSSR count). The molecule has 0 aliphatic rings. The Morgan fingerprint density at radius 3 is 2.04 bits per heavy atom. The molecule has 3 N–H and O–H groups in total. The highest BCUT2D eigenvalue weighted by Gasteiger charge is 2.16. The number of nitrogens with one attached hydrogen (secondary N) is 3. The lowest BCUT2D eigenvalue weighted by Crippen LogP contribution is -3.11. The van der Waals surface area contributed by atoms with Crippen LogP contribution in [-0.4, -0.2) is 32.0 Å². The van der Waals surface area contributed by atoms with Crippen molar-refractivity contribution in [2.75, 3.05) is 30.8 Å². The van der Waals surface area contributed by atoms with Gasteiger partial charge in [-0.05, 0) is 56.5 Å². The van der Waals surface area contributed by atoms with E-state index in [2.05, 4.69) is 10.6 Å². The summed E-state index contributed by atoms with van der Waals surface area (Å²) in [5, 5.41) is 6.39. The molecule has 0 fully saturated rings. The van der Waals surface area contributed by atoms with Gasteiger partial charge in [-0.25, -0.2) is 0 Å². The fourth-order valence-electron chi connectivity index (χ4n) is 3.09. The van der Waals surface area contributed by atoms with Gasteiger partial charge in [-0.2, -0.15) is 0 Å². The molecule has 0 bridgehead atoms. The molecule has 0 heterocycles. The molecule has 2 aromatic rings. The lowest BCUT2D eigenvalue weighted by Gasteiger charge is -2.16. The number of halogens is 1. The smallest absolute Gasteiger partial charge is 0.279 e. The lowest BCUT2D eigenvalue weighted by molar-refractivity contribution is -0.862. The average Bonchev–Trinajstić information content (AvgIpc) is 2.54. The summed E-state index contributed by atoms with van der Waals surface area (Å²) in [5.41, 5.74) is 5.71. The number of aryl methyl sites for hydroxylation is 4. The molecule has 0 spiro atoms. The van der Waals surface area contributed by atoms with E-state index in [1.165, 1.54) is 5.56 Å². The Kier molecular flexibility index (Phi) is 6.99. The number of carbonyl (C=O) groups is 2. The van der Waals surface area contributed by atoms with Gasteiger partial charge in [0, 0.05) is 16.4 Å². The number of amides is 2. The van der Waals surface area contributed by atoms with Crippen LogP contribution >= 0.6 is 11.6 Å². The van der Waals surface area contributed by atoms with Crippen molar-refractivity contribution in [2.24, 2.45) is 0 Å². The zero-order valence-electron chi connectivity index (χ0n) is 16.5. The predicted octanol–water partition coefficient (Wildman–Crippen LogP) is 2.67. The molecule has 0 aliphatic carbocycles. The van der Waals surface area contributed by atoms with Gasteiger partial charge in [0.15, 0.2) is 13.1 Å². The highest BCUT2D eigenvalue weighted by molar-refractivity contribution is 6.31. The van der Waals surface area contributed by atoms with Crippen molar-refractivity contribution in [2.45, 2.75) is 27.7 Å². The van der Waals surface area contributed by atoms with Gasteiger partial charge in [-0.15, -0.1) is 0 Å². The first-order chi connectivity index (χ1) is 12.7. The third-order valence-electron chi connectivity index (χ3n) is 4.34. The van der Waals surface area contributed by atoms with Crippen molar-refractivity contribution < 1.29 is 14.5 Å². The van der Waals surface area contributed by atoms with Crippen molar-refractivity contribution in [3.05, 3.63) is 57.6 Å². The molecule has 0 aliphatic heterocycles.